The van der Waals surface area contributed by atoms with Gasteiger partial charge in [-0.05, 0) is 30.3 Å². The van der Waals surface area contributed by atoms with E-state index in [0.29, 0.717) is 11.1 Å². The first kappa shape index (κ1) is 21.2. The van der Waals surface area contributed by atoms with Crippen LogP contribution in [-0.2, 0) is 20.0 Å². The van der Waals surface area contributed by atoms with Crippen molar-refractivity contribution in [3.05, 3.63) is 107 Å². The van der Waals surface area contributed by atoms with E-state index in [0.717, 1.165) is 0 Å². The molecule has 0 amide bonds. The molecule has 4 rings (SSSR count). The summed E-state index contributed by atoms with van der Waals surface area (Å²) in [6, 6.07) is 22.2. The average Bonchev–Trinajstić information content (AvgIpc) is 2.77. The predicted molar refractivity (Wildman–Crippen MR) is 121 cm³/mol. The number of benzene rings is 3. The molecule has 0 atom stereocenters. The number of sulfonamides is 2. The van der Waals surface area contributed by atoms with Crippen molar-refractivity contribution in [2.75, 3.05) is 0 Å². The van der Waals surface area contributed by atoms with Crippen LogP contribution in [0.2, 0.25) is 0 Å². The number of nitrogens with zero attached hydrogens (tertiary/aromatic N) is 2. The molecule has 0 N–H and O–H groups in total. The van der Waals surface area contributed by atoms with Crippen LogP contribution in [0.25, 0.3) is 0 Å². The molecule has 31 heavy (non-hydrogen) atoms. The van der Waals surface area contributed by atoms with Gasteiger partial charge < -0.3 is 0 Å². The van der Waals surface area contributed by atoms with E-state index in [1.54, 1.807) is 60.7 Å². The minimum absolute atomic E-state index is 0.0237. The van der Waals surface area contributed by atoms with Crippen LogP contribution in [0.4, 0.5) is 0 Å². The van der Waals surface area contributed by atoms with Gasteiger partial charge in [0.2, 0.25) is 0 Å². The van der Waals surface area contributed by atoms with Crippen molar-refractivity contribution in [2.45, 2.75) is 9.79 Å². The topological polar surface area (TPSA) is 93.0 Å². The molecule has 0 aromatic heterocycles. The summed E-state index contributed by atoms with van der Waals surface area (Å²) in [7, 11) is -8.02. The lowest BCUT2D eigenvalue weighted by Gasteiger charge is -2.17. The van der Waals surface area contributed by atoms with Crippen LogP contribution in [0.15, 0.2) is 115 Å². The van der Waals surface area contributed by atoms with E-state index in [-0.39, 0.29) is 26.2 Å². The monoisotopic (exact) mass is 470 g/mol. The fourth-order valence-electron chi connectivity index (χ4n) is 3.02. The van der Waals surface area contributed by atoms with E-state index in [1.165, 1.54) is 30.3 Å². The Labute approximate surface area is 185 Å². The van der Waals surface area contributed by atoms with Crippen LogP contribution in [0.3, 0.4) is 0 Å². The highest BCUT2D eigenvalue weighted by atomic mass is 35.5. The Kier molecular flexibility index (Phi) is 5.62. The number of fused-ring (bicyclic) bond motifs is 1. The quantitative estimate of drug-likeness (QED) is 0.571. The molecule has 9 heteroatoms. The summed E-state index contributed by atoms with van der Waals surface area (Å²) >= 11 is 6.36. The predicted octanol–water partition coefficient (Wildman–Crippen LogP) is 4.18. The maximum atomic E-state index is 12.8. The van der Waals surface area contributed by atoms with Gasteiger partial charge in [-0.2, -0.15) is 25.6 Å². The van der Waals surface area contributed by atoms with Gasteiger partial charge in [0.25, 0.3) is 20.0 Å². The molecular formula is C22H15ClN2O4S2. The molecule has 3 aromatic carbocycles. The number of allylic oxidation sites excluding steroid dienone is 2. The van der Waals surface area contributed by atoms with E-state index >= 15 is 0 Å². The van der Waals surface area contributed by atoms with Crippen molar-refractivity contribution in [3.8, 4) is 0 Å². The second-order valence-electron chi connectivity index (χ2n) is 6.53. The summed E-state index contributed by atoms with van der Waals surface area (Å²) < 4.78 is 58.8. The first-order chi connectivity index (χ1) is 14.8. The molecule has 0 fully saturated rings. The lowest BCUT2D eigenvalue weighted by Crippen LogP contribution is -2.18. The normalized spacial score (nSPS) is 16.7. The zero-order valence-electron chi connectivity index (χ0n) is 15.9. The highest BCUT2D eigenvalue weighted by molar-refractivity contribution is 7.90. The first-order valence-electron chi connectivity index (χ1n) is 9.05. The molecule has 0 heterocycles. The van der Waals surface area contributed by atoms with Crippen LogP contribution in [0, 0.1) is 0 Å². The Balaban J connectivity index is 1.86. The summed E-state index contributed by atoms with van der Waals surface area (Å²) in [5.41, 5.74) is 0.905. The Morgan fingerprint density at radius 2 is 1.03 bits per heavy atom. The van der Waals surface area contributed by atoms with E-state index < -0.39 is 20.0 Å². The van der Waals surface area contributed by atoms with Crippen LogP contribution < -0.4 is 0 Å². The highest BCUT2D eigenvalue weighted by Gasteiger charge is 2.26. The first-order valence-corrected chi connectivity index (χ1v) is 12.3. The molecule has 0 saturated carbocycles. The Bertz CT molecular complexity index is 1450. The standard InChI is InChI=1S/C22H15ClN2O4S2/c23-20-15-21(24-30(26,27)16-9-3-1-4-10-16)18-13-7-8-14-19(18)22(20)25-31(28,29)17-11-5-2-6-12-17/h1-15H/b24-21+,25-22+. The second kappa shape index (κ2) is 8.22. The van der Waals surface area contributed by atoms with Gasteiger partial charge in [-0.1, -0.05) is 72.3 Å². The zero-order valence-corrected chi connectivity index (χ0v) is 18.3. The third-order valence-electron chi connectivity index (χ3n) is 4.46. The summed E-state index contributed by atoms with van der Waals surface area (Å²) in [5.74, 6) is 0. The van der Waals surface area contributed by atoms with Gasteiger partial charge in [0.05, 0.1) is 20.5 Å². The maximum absolute atomic E-state index is 12.8. The molecule has 0 spiro atoms. The number of rotatable bonds is 4. The fourth-order valence-corrected chi connectivity index (χ4v) is 5.37. The number of hydrogen-bond donors (Lipinski definition) is 0. The van der Waals surface area contributed by atoms with Crippen LogP contribution >= 0.6 is 11.6 Å². The van der Waals surface area contributed by atoms with E-state index in [2.05, 4.69) is 8.80 Å². The van der Waals surface area contributed by atoms with E-state index in [1.807, 2.05) is 0 Å². The smallest absolute Gasteiger partial charge is 0.199 e. The van der Waals surface area contributed by atoms with Crippen molar-refractivity contribution in [3.63, 3.8) is 0 Å². The summed E-state index contributed by atoms with van der Waals surface area (Å²) in [4.78, 5) is 0.0613. The van der Waals surface area contributed by atoms with Gasteiger partial charge >= 0.3 is 0 Å². The maximum Gasteiger partial charge on any atom is 0.282 e. The molecule has 0 aliphatic heterocycles. The largest absolute Gasteiger partial charge is 0.282 e. The number of hydrogen-bond acceptors (Lipinski definition) is 4. The van der Waals surface area contributed by atoms with E-state index in [4.69, 9.17) is 11.6 Å². The second-order valence-corrected chi connectivity index (χ2v) is 10.1. The SMILES string of the molecule is O=S(=O)(/N=C1C=C(Cl)/C(=N/S(=O)(=O)c2ccccc2)c2ccccc2\1)c1ccccc1. The van der Waals surface area contributed by atoms with Crippen molar-refractivity contribution >= 4 is 43.1 Å². The third-order valence-corrected chi connectivity index (χ3v) is 7.34. The number of halogens is 1. The van der Waals surface area contributed by atoms with Crippen molar-refractivity contribution in [2.24, 2.45) is 8.80 Å². The van der Waals surface area contributed by atoms with Gasteiger partial charge in [0.1, 0.15) is 5.71 Å². The van der Waals surface area contributed by atoms with Crippen LogP contribution in [0.5, 0.6) is 0 Å². The molecule has 6 nitrogen and oxygen atoms in total. The minimum Gasteiger partial charge on any atom is -0.199 e. The molecule has 0 bridgehead atoms. The molecular weight excluding hydrogens is 456 g/mol. The minimum atomic E-state index is -4.03. The Morgan fingerprint density at radius 1 is 0.581 bits per heavy atom. The van der Waals surface area contributed by atoms with Crippen LogP contribution in [0.1, 0.15) is 11.1 Å². The summed E-state index contributed by atoms with van der Waals surface area (Å²) in [6.07, 6.45) is 1.31. The van der Waals surface area contributed by atoms with Crippen LogP contribution in [-0.4, -0.2) is 28.3 Å². The van der Waals surface area contributed by atoms with Gasteiger partial charge in [0, 0.05) is 11.1 Å². The molecule has 3 aromatic rings. The molecule has 0 saturated heterocycles. The Hall–Kier alpha value is -3.07. The van der Waals surface area contributed by atoms with Crippen molar-refractivity contribution in [1.29, 1.82) is 0 Å². The lowest BCUT2D eigenvalue weighted by molar-refractivity contribution is 0.596. The molecule has 156 valence electrons. The van der Waals surface area contributed by atoms with E-state index in [9.17, 15) is 16.8 Å². The third kappa shape index (κ3) is 4.36. The average molecular weight is 471 g/mol. The molecule has 1 aliphatic carbocycles. The molecule has 0 unspecified atom stereocenters. The van der Waals surface area contributed by atoms with Gasteiger partial charge in [-0.3, -0.25) is 0 Å². The Morgan fingerprint density at radius 3 is 1.58 bits per heavy atom. The fraction of sp³-hybridized carbons (Fsp3) is 0. The zero-order chi connectivity index (χ0) is 22.1. The summed E-state index contributed by atoms with van der Waals surface area (Å²) in [6.45, 7) is 0. The van der Waals surface area contributed by atoms with Gasteiger partial charge in [-0.25, -0.2) is 0 Å². The van der Waals surface area contributed by atoms with Crippen molar-refractivity contribution in [1.82, 2.24) is 0 Å². The lowest BCUT2D eigenvalue weighted by atomic mass is 9.94. The van der Waals surface area contributed by atoms with Gasteiger partial charge in [0.15, 0.2) is 0 Å². The highest BCUT2D eigenvalue weighted by Crippen LogP contribution is 2.28. The summed E-state index contributed by atoms with van der Waals surface area (Å²) in [5, 5.41) is -0.0276. The molecule has 0 radical (unpaired) electrons. The molecule has 1 aliphatic rings. The van der Waals surface area contributed by atoms with Gasteiger partial charge in [-0.15, -0.1) is 0 Å². The van der Waals surface area contributed by atoms with Crippen molar-refractivity contribution < 1.29 is 16.8 Å².